The van der Waals surface area contributed by atoms with Gasteiger partial charge in [-0.25, -0.2) is 0 Å². The summed E-state index contributed by atoms with van der Waals surface area (Å²) in [5.41, 5.74) is 0. The zero-order valence-electron chi connectivity index (χ0n) is 17.2. The van der Waals surface area contributed by atoms with Crippen LogP contribution in [0.25, 0.3) is 0 Å². The lowest BCUT2D eigenvalue weighted by Gasteiger charge is -1.95. The first-order valence-electron chi connectivity index (χ1n) is 9.46. The molecule has 0 heterocycles. The van der Waals surface area contributed by atoms with Crippen LogP contribution >= 0.6 is 0 Å². The zero-order chi connectivity index (χ0) is 20.2. The van der Waals surface area contributed by atoms with Gasteiger partial charge in [0, 0.05) is 19.3 Å². The van der Waals surface area contributed by atoms with Crippen molar-refractivity contribution in [3.63, 3.8) is 0 Å². The van der Waals surface area contributed by atoms with Gasteiger partial charge in [0.05, 0.1) is 36.8 Å². The van der Waals surface area contributed by atoms with E-state index < -0.39 is 13.0 Å². The third-order valence-electron chi connectivity index (χ3n) is 2.56. The van der Waals surface area contributed by atoms with E-state index >= 15 is 0 Å². The Kier molecular flexibility index (Phi) is 12.3. The van der Waals surface area contributed by atoms with Gasteiger partial charge in [0.15, 0.2) is 0 Å². The van der Waals surface area contributed by atoms with E-state index in [1.165, 1.54) is 0 Å². The van der Waals surface area contributed by atoms with Crippen LogP contribution in [0.1, 0.15) is 68.8 Å². The number of hydrogen-bond acceptors (Lipinski definition) is 2. The van der Waals surface area contributed by atoms with Crippen molar-refractivity contribution in [3.8, 4) is 59.2 Å². The van der Waals surface area contributed by atoms with Crippen LogP contribution in [-0.2, 0) is 9.53 Å². The second-order valence-electron chi connectivity index (χ2n) is 4.51. The minimum atomic E-state index is -2.66. The third kappa shape index (κ3) is 17.3. The lowest BCUT2D eigenvalue weighted by molar-refractivity contribution is -0.140. The molecule has 0 radical (unpaired) electrons. The van der Waals surface area contributed by atoms with Gasteiger partial charge in [-0.3, -0.25) is 4.79 Å². The Morgan fingerprint density at radius 2 is 1.29 bits per heavy atom. The normalized spacial score (nSPS) is 9.96. The lowest BCUT2D eigenvalue weighted by atomic mass is 10.2. The Labute approximate surface area is 151 Å². The number of unbranched alkanes of at least 4 members (excludes halogenated alkanes) is 2. The van der Waals surface area contributed by atoms with Crippen LogP contribution in [0.3, 0.4) is 0 Å². The first-order valence-corrected chi connectivity index (χ1v) is 7.96. The molecule has 0 fully saturated rings. The number of carbonyl (C=O) groups excluding carboxylic acids is 1. The second kappa shape index (κ2) is 18.3. The summed E-state index contributed by atoms with van der Waals surface area (Å²) < 4.78 is 24.7. The summed E-state index contributed by atoms with van der Waals surface area (Å²) in [5, 5.41) is 0. The fraction of sp³-hybridized carbons (Fsp3) is 0.500. The summed E-state index contributed by atoms with van der Waals surface area (Å²) in [5.74, 6) is 28.7. The van der Waals surface area contributed by atoms with Crippen LogP contribution < -0.4 is 0 Å². The molecule has 0 saturated carbocycles. The molecule has 0 aliphatic heterocycles. The van der Waals surface area contributed by atoms with Gasteiger partial charge in [-0.2, -0.15) is 0 Å². The molecule has 2 heteroatoms. The Morgan fingerprint density at radius 1 is 0.792 bits per heavy atom. The van der Waals surface area contributed by atoms with E-state index in [4.69, 9.17) is 4.11 Å². The van der Waals surface area contributed by atoms with Crippen molar-refractivity contribution in [2.24, 2.45) is 0 Å². The van der Waals surface area contributed by atoms with Gasteiger partial charge < -0.3 is 4.74 Å². The molecular weight excluding hydrogens is 296 g/mol. The minimum absolute atomic E-state index is 0.0923. The van der Waals surface area contributed by atoms with Crippen LogP contribution in [0, 0.1) is 59.2 Å². The smallest absolute Gasteiger partial charge is 0.305 e. The van der Waals surface area contributed by atoms with Crippen molar-refractivity contribution >= 4 is 5.97 Å². The van der Waals surface area contributed by atoms with E-state index in [0.717, 1.165) is 6.42 Å². The largest absolute Gasteiger partial charge is 0.469 e. The van der Waals surface area contributed by atoms with Crippen molar-refractivity contribution < 1.29 is 13.6 Å². The highest BCUT2D eigenvalue weighted by atomic mass is 16.5. The molecule has 0 aliphatic rings. The predicted molar refractivity (Wildman–Crippen MR) is 98.1 cm³/mol. The summed E-state index contributed by atoms with van der Waals surface area (Å²) >= 11 is 0. The van der Waals surface area contributed by atoms with Crippen molar-refractivity contribution in [2.45, 2.75) is 64.7 Å². The highest BCUT2D eigenvalue weighted by Crippen LogP contribution is 1.99. The number of carbonyl (C=O) groups is 1. The van der Waals surface area contributed by atoms with E-state index in [0.29, 0.717) is 44.9 Å². The number of esters is 1. The molecule has 0 aromatic carbocycles. The molecule has 0 saturated heterocycles. The van der Waals surface area contributed by atoms with Crippen molar-refractivity contribution in [1.82, 2.24) is 0 Å². The molecule has 0 N–H and O–H groups in total. The average molecular weight is 323 g/mol. The maximum Gasteiger partial charge on any atom is 0.305 e. The molecule has 0 unspecified atom stereocenters. The first kappa shape index (κ1) is 16.1. The van der Waals surface area contributed by atoms with Gasteiger partial charge in [0.1, 0.15) is 0 Å². The molecule has 0 aromatic heterocycles. The summed E-state index contributed by atoms with van der Waals surface area (Å²) in [7, 11) is -2.66. The monoisotopic (exact) mass is 323 g/mol. The lowest BCUT2D eigenvalue weighted by Crippen LogP contribution is -1.98. The highest BCUT2D eigenvalue weighted by Gasteiger charge is 1.97. The Hall–Kier alpha value is -2.73. The Bertz CT molecular complexity index is 752. The van der Waals surface area contributed by atoms with E-state index in [9.17, 15) is 4.79 Å². The summed E-state index contributed by atoms with van der Waals surface area (Å²) in [4.78, 5) is 11.2. The molecule has 0 bridgehead atoms. The number of methoxy groups -OCH3 is 1. The zero-order valence-corrected chi connectivity index (χ0v) is 14.2. The van der Waals surface area contributed by atoms with E-state index in [2.05, 4.69) is 63.9 Å². The van der Waals surface area contributed by atoms with Gasteiger partial charge >= 0.3 is 5.97 Å². The Balaban J connectivity index is 3.70. The fourth-order valence-electron chi connectivity index (χ4n) is 1.42. The maximum absolute atomic E-state index is 11.2. The highest BCUT2D eigenvalue weighted by molar-refractivity contribution is 5.68. The standard InChI is InChI=1S/C22H24O2/c1-3-4-5-6-7-8-9-10-11-12-13-14-15-16-17-18-19-20-21-22(23)24-2/h3,6,9,12,15,18-21H2,1-2H3/i2D3. The molecule has 0 amide bonds. The third-order valence-corrected chi connectivity index (χ3v) is 2.56. The molecule has 0 aromatic rings. The molecule has 0 aliphatic carbocycles. The number of ether oxygens (including phenoxy) is 1. The quantitative estimate of drug-likeness (QED) is 0.448. The molecule has 0 spiro atoms. The van der Waals surface area contributed by atoms with Gasteiger partial charge in [-0.15, -0.1) is 11.8 Å². The predicted octanol–water partition coefficient (Wildman–Crippen LogP) is 3.71. The van der Waals surface area contributed by atoms with E-state index in [1.54, 1.807) is 0 Å². The minimum Gasteiger partial charge on any atom is -0.469 e. The summed E-state index contributed by atoms with van der Waals surface area (Å²) in [6.07, 6.45) is 4.99. The van der Waals surface area contributed by atoms with Gasteiger partial charge in [-0.05, 0) is 12.8 Å². The molecule has 0 atom stereocenters. The van der Waals surface area contributed by atoms with Crippen LogP contribution in [0.4, 0.5) is 0 Å². The summed E-state index contributed by atoms with van der Waals surface area (Å²) in [6, 6.07) is 0. The van der Waals surface area contributed by atoms with E-state index in [-0.39, 0.29) is 6.42 Å². The van der Waals surface area contributed by atoms with E-state index in [1.807, 2.05) is 6.92 Å². The second-order valence-corrected chi connectivity index (χ2v) is 4.51. The topological polar surface area (TPSA) is 26.3 Å². The summed E-state index contributed by atoms with van der Waals surface area (Å²) in [6.45, 7) is 2.01. The molecule has 2 nitrogen and oxygen atoms in total. The van der Waals surface area contributed by atoms with Crippen molar-refractivity contribution in [1.29, 1.82) is 0 Å². The number of rotatable bonds is 4. The van der Waals surface area contributed by atoms with Gasteiger partial charge in [0.2, 0.25) is 0 Å². The number of hydrogen-bond donors (Lipinski definition) is 0. The Morgan fingerprint density at radius 3 is 1.79 bits per heavy atom. The molecule has 0 rings (SSSR count). The van der Waals surface area contributed by atoms with Gasteiger partial charge in [-0.1, -0.05) is 54.3 Å². The van der Waals surface area contributed by atoms with Gasteiger partial charge in [0.25, 0.3) is 0 Å². The molecular formula is C22H24O2. The maximum atomic E-state index is 11.2. The van der Waals surface area contributed by atoms with Crippen LogP contribution in [0.5, 0.6) is 0 Å². The average Bonchev–Trinajstić information content (AvgIpc) is 2.59. The molecule has 124 valence electrons. The first-order chi connectivity index (χ1) is 13.0. The van der Waals surface area contributed by atoms with Crippen LogP contribution in [0.15, 0.2) is 0 Å². The van der Waals surface area contributed by atoms with Crippen molar-refractivity contribution in [3.05, 3.63) is 0 Å². The van der Waals surface area contributed by atoms with Crippen LogP contribution in [-0.4, -0.2) is 13.0 Å². The molecule has 24 heavy (non-hydrogen) atoms. The fourth-order valence-corrected chi connectivity index (χ4v) is 1.42. The van der Waals surface area contributed by atoms with Crippen LogP contribution in [0.2, 0.25) is 0 Å². The van der Waals surface area contributed by atoms with Crippen molar-refractivity contribution in [2.75, 3.05) is 7.04 Å². The SMILES string of the molecule is [2H]C([2H])([2H])OC(=O)CCCCC#CCC#CCC#CCC#CCC#CCC.